The van der Waals surface area contributed by atoms with Crippen LogP contribution >= 0.6 is 11.3 Å². The second-order valence-corrected chi connectivity index (χ2v) is 5.87. The topological polar surface area (TPSA) is 34.1 Å². The van der Waals surface area contributed by atoms with E-state index in [1.807, 2.05) is 11.7 Å². The molecule has 2 unspecified atom stereocenters. The van der Waals surface area contributed by atoms with Crippen molar-refractivity contribution in [2.45, 2.75) is 45.9 Å². The molecule has 0 radical (unpaired) electrons. The Labute approximate surface area is 101 Å². The van der Waals surface area contributed by atoms with E-state index in [0.29, 0.717) is 12.1 Å². The average molecular weight is 240 g/mol. The molecule has 1 aromatic rings. The maximum absolute atomic E-state index is 5.71. The van der Waals surface area contributed by atoms with Crippen molar-refractivity contribution in [3.05, 3.63) is 16.6 Å². The highest BCUT2D eigenvalue weighted by atomic mass is 32.1. The summed E-state index contributed by atoms with van der Waals surface area (Å²) < 4.78 is 5.71. The minimum atomic E-state index is 0.251. The third-order valence-electron chi connectivity index (χ3n) is 3.55. The van der Waals surface area contributed by atoms with E-state index in [1.165, 1.54) is 4.88 Å². The molecule has 2 atom stereocenters. The third kappa shape index (κ3) is 2.29. The molecule has 90 valence electrons. The Bertz CT molecular complexity index is 324. The molecule has 0 saturated heterocycles. The van der Waals surface area contributed by atoms with Crippen LogP contribution in [-0.4, -0.2) is 23.7 Å². The zero-order chi connectivity index (χ0) is 11.6. The van der Waals surface area contributed by atoms with Crippen molar-refractivity contribution in [2.24, 2.45) is 5.41 Å². The summed E-state index contributed by atoms with van der Waals surface area (Å²) in [6, 6.07) is 0.561. The molecule has 1 aliphatic rings. The number of aromatic nitrogens is 1. The summed E-state index contributed by atoms with van der Waals surface area (Å²) in [5.74, 6) is 0. The monoisotopic (exact) mass is 240 g/mol. The molecule has 0 spiro atoms. The van der Waals surface area contributed by atoms with Gasteiger partial charge in [0.2, 0.25) is 0 Å². The van der Waals surface area contributed by atoms with Gasteiger partial charge in [0.15, 0.2) is 0 Å². The Morgan fingerprint density at radius 3 is 3.00 bits per heavy atom. The van der Waals surface area contributed by atoms with Gasteiger partial charge in [0, 0.05) is 35.7 Å². The molecule has 3 nitrogen and oxygen atoms in total. The van der Waals surface area contributed by atoms with Crippen LogP contribution in [0, 0.1) is 5.41 Å². The van der Waals surface area contributed by atoms with Gasteiger partial charge in [-0.3, -0.25) is 4.98 Å². The maximum atomic E-state index is 5.71. The largest absolute Gasteiger partial charge is 0.378 e. The molecule has 1 aromatic heterocycles. The van der Waals surface area contributed by atoms with E-state index in [-0.39, 0.29) is 5.41 Å². The van der Waals surface area contributed by atoms with Crippen LogP contribution in [0.1, 0.15) is 32.1 Å². The number of nitrogens with zero attached hydrogens (tertiary/aromatic N) is 1. The molecule has 0 bridgehead atoms. The number of ether oxygens (including phenoxy) is 1. The second-order valence-electron chi connectivity index (χ2n) is 4.90. The molecular formula is C12H20N2OS. The average Bonchev–Trinajstić information content (AvgIpc) is 2.75. The van der Waals surface area contributed by atoms with Crippen molar-refractivity contribution < 1.29 is 4.74 Å². The van der Waals surface area contributed by atoms with Crippen LogP contribution in [0.4, 0.5) is 0 Å². The van der Waals surface area contributed by atoms with Crippen LogP contribution in [0.5, 0.6) is 0 Å². The molecule has 0 aromatic carbocycles. The zero-order valence-electron chi connectivity index (χ0n) is 10.2. The van der Waals surface area contributed by atoms with Gasteiger partial charge in [-0.15, -0.1) is 11.3 Å². The van der Waals surface area contributed by atoms with E-state index in [0.717, 1.165) is 19.6 Å². The highest BCUT2D eigenvalue weighted by molar-refractivity contribution is 7.09. The second kappa shape index (κ2) is 4.82. The van der Waals surface area contributed by atoms with Crippen LogP contribution in [-0.2, 0) is 11.3 Å². The summed E-state index contributed by atoms with van der Waals surface area (Å²) in [6.45, 7) is 8.36. The van der Waals surface area contributed by atoms with Crippen molar-refractivity contribution in [1.29, 1.82) is 0 Å². The first-order valence-electron chi connectivity index (χ1n) is 5.87. The smallest absolute Gasteiger partial charge is 0.0794 e. The van der Waals surface area contributed by atoms with E-state index >= 15 is 0 Å². The molecule has 4 heteroatoms. The molecule has 1 aliphatic carbocycles. The van der Waals surface area contributed by atoms with E-state index in [1.54, 1.807) is 11.3 Å². The quantitative estimate of drug-likeness (QED) is 0.858. The van der Waals surface area contributed by atoms with Gasteiger partial charge in [-0.25, -0.2) is 0 Å². The SMILES string of the molecule is CCOC1CC(NCc2cncs2)C1(C)C. The lowest BCUT2D eigenvalue weighted by Gasteiger charge is -2.51. The van der Waals surface area contributed by atoms with Crippen LogP contribution < -0.4 is 5.32 Å². The first-order valence-corrected chi connectivity index (χ1v) is 6.75. The number of hydrogen-bond acceptors (Lipinski definition) is 4. The lowest BCUT2D eigenvalue weighted by atomic mass is 9.64. The Morgan fingerprint density at radius 1 is 1.62 bits per heavy atom. The summed E-state index contributed by atoms with van der Waals surface area (Å²) in [5, 5.41) is 3.59. The number of thiazole rings is 1. The van der Waals surface area contributed by atoms with Gasteiger partial charge < -0.3 is 10.1 Å². The van der Waals surface area contributed by atoms with Crippen molar-refractivity contribution in [1.82, 2.24) is 10.3 Å². The Kier molecular flexibility index (Phi) is 3.62. The van der Waals surface area contributed by atoms with Crippen LogP contribution in [0.3, 0.4) is 0 Å². The summed E-state index contributed by atoms with van der Waals surface area (Å²) in [4.78, 5) is 5.38. The number of hydrogen-bond donors (Lipinski definition) is 1. The minimum Gasteiger partial charge on any atom is -0.378 e. The fraction of sp³-hybridized carbons (Fsp3) is 0.750. The molecular weight excluding hydrogens is 220 g/mol. The van der Waals surface area contributed by atoms with Crippen LogP contribution in [0.15, 0.2) is 11.7 Å². The zero-order valence-corrected chi connectivity index (χ0v) is 11.0. The summed E-state index contributed by atoms with van der Waals surface area (Å²) in [5.41, 5.74) is 2.13. The first kappa shape index (κ1) is 12.0. The molecule has 1 saturated carbocycles. The van der Waals surface area contributed by atoms with Crippen LogP contribution in [0.25, 0.3) is 0 Å². The Balaban J connectivity index is 1.80. The Hall–Kier alpha value is -0.450. The summed E-state index contributed by atoms with van der Waals surface area (Å²) >= 11 is 1.71. The van der Waals surface area contributed by atoms with Crippen molar-refractivity contribution >= 4 is 11.3 Å². The standard InChI is InChI=1S/C12H20N2OS/c1-4-15-11-5-10(12(11,2)3)14-7-9-6-13-8-16-9/h6,8,10-11,14H,4-5,7H2,1-3H3. The van der Waals surface area contributed by atoms with Gasteiger partial charge >= 0.3 is 0 Å². The number of rotatable bonds is 5. The lowest BCUT2D eigenvalue weighted by molar-refractivity contribution is -0.114. The molecule has 0 amide bonds. The maximum Gasteiger partial charge on any atom is 0.0794 e. The molecule has 1 heterocycles. The minimum absolute atomic E-state index is 0.251. The van der Waals surface area contributed by atoms with Crippen molar-refractivity contribution in [3.8, 4) is 0 Å². The fourth-order valence-electron chi connectivity index (χ4n) is 2.27. The predicted molar refractivity (Wildman–Crippen MR) is 66.6 cm³/mol. The van der Waals surface area contributed by atoms with Gasteiger partial charge in [0.1, 0.15) is 0 Å². The first-order chi connectivity index (χ1) is 7.64. The van der Waals surface area contributed by atoms with E-state index in [2.05, 4.69) is 31.1 Å². The highest BCUT2D eigenvalue weighted by Gasteiger charge is 2.48. The third-order valence-corrected chi connectivity index (χ3v) is 4.33. The molecule has 1 fully saturated rings. The van der Waals surface area contributed by atoms with Gasteiger partial charge in [-0.2, -0.15) is 0 Å². The molecule has 2 rings (SSSR count). The molecule has 1 N–H and O–H groups in total. The number of nitrogens with one attached hydrogen (secondary N) is 1. The van der Waals surface area contributed by atoms with Crippen molar-refractivity contribution in [2.75, 3.05) is 6.61 Å². The van der Waals surface area contributed by atoms with E-state index in [4.69, 9.17) is 4.74 Å². The summed E-state index contributed by atoms with van der Waals surface area (Å²) in [7, 11) is 0. The summed E-state index contributed by atoms with van der Waals surface area (Å²) in [6.07, 6.45) is 3.47. The Morgan fingerprint density at radius 2 is 2.44 bits per heavy atom. The van der Waals surface area contributed by atoms with Gasteiger partial charge in [-0.1, -0.05) is 13.8 Å². The van der Waals surface area contributed by atoms with Gasteiger partial charge in [0.05, 0.1) is 11.6 Å². The predicted octanol–water partition coefficient (Wildman–Crippen LogP) is 2.44. The van der Waals surface area contributed by atoms with Gasteiger partial charge in [0.25, 0.3) is 0 Å². The highest BCUT2D eigenvalue weighted by Crippen LogP contribution is 2.42. The molecule has 0 aliphatic heterocycles. The lowest BCUT2D eigenvalue weighted by Crippen LogP contribution is -2.60. The van der Waals surface area contributed by atoms with Crippen LogP contribution in [0.2, 0.25) is 0 Å². The normalized spacial score (nSPS) is 27.7. The van der Waals surface area contributed by atoms with Gasteiger partial charge in [-0.05, 0) is 13.3 Å². The fourth-order valence-corrected chi connectivity index (χ4v) is 2.81. The van der Waals surface area contributed by atoms with E-state index in [9.17, 15) is 0 Å². The molecule has 16 heavy (non-hydrogen) atoms. The van der Waals surface area contributed by atoms with Crippen molar-refractivity contribution in [3.63, 3.8) is 0 Å². The van der Waals surface area contributed by atoms with E-state index < -0.39 is 0 Å².